The molecule has 1 aliphatic carbocycles. The third-order valence-electron chi connectivity index (χ3n) is 5.24. The maximum Gasteiger partial charge on any atom is 0.309 e. The van der Waals surface area contributed by atoms with Crippen LogP contribution in [-0.4, -0.2) is 11.0 Å². The van der Waals surface area contributed by atoms with Crippen molar-refractivity contribution in [3.05, 3.63) is 70.9 Å². The molecular formula is C22H23NO2. The van der Waals surface area contributed by atoms with Crippen LogP contribution >= 0.6 is 0 Å². The SMILES string of the molecule is CCc1ccc(COC(=O)C2CCc3[nH]c4ccccc4c3C2)cc1. The molecule has 0 radical (unpaired) electrons. The molecule has 0 aliphatic heterocycles. The quantitative estimate of drug-likeness (QED) is 0.710. The lowest BCUT2D eigenvalue weighted by molar-refractivity contribution is -0.150. The average Bonchev–Trinajstić information content (AvgIpc) is 3.04. The van der Waals surface area contributed by atoms with Gasteiger partial charge in [0.25, 0.3) is 0 Å². The van der Waals surface area contributed by atoms with Crippen LogP contribution in [0.15, 0.2) is 48.5 Å². The number of rotatable bonds is 4. The highest BCUT2D eigenvalue weighted by atomic mass is 16.5. The molecule has 0 fully saturated rings. The second kappa shape index (κ2) is 6.75. The predicted octanol–water partition coefficient (Wildman–Crippen LogP) is 4.58. The number of benzene rings is 2. The van der Waals surface area contributed by atoms with E-state index in [2.05, 4.69) is 42.2 Å². The fourth-order valence-corrected chi connectivity index (χ4v) is 3.71. The summed E-state index contributed by atoms with van der Waals surface area (Å²) >= 11 is 0. The number of fused-ring (bicyclic) bond motifs is 3. The van der Waals surface area contributed by atoms with Gasteiger partial charge in [-0.2, -0.15) is 0 Å². The largest absolute Gasteiger partial charge is 0.461 e. The van der Waals surface area contributed by atoms with Crippen LogP contribution in [-0.2, 0) is 35.4 Å². The van der Waals surface area contributed by atoms with E-state index in [-0.39, 0.29) is 11.9 Å². The van der Waals surface area contributed by atoms with Crippen LogP contribution in [0.4, 0.5) is 0 Å². The molecule has 2 aromatic carbocycles. The maximum absolute atomic E-state index is 12.5. The molecule has 3 heteroatoms. The molecule has 4 rings (SSSR count). The monoisotopic (exact) mass is 333 g/mol. The first-order valence-corrected chi connectivity index (χ1v) is 9.07. The first-order valence-electron chi connectivity index (χ1n) is 9.07. The van der Waals surface area contributed by atoms with E-state index in [9.17, 15) is 4.79 Å². The Morgan fingerprint density at radius 1 is 1.12 bits per heavy atom. The summed E-state index contributed by atoms with van der Waals surface area (Å²) in [5, 5.41) is 1.24. The zero-order chi connectivity index (χ0) is 17.2. The molecule has 1 atom stereocenters. The summed E-state index contributed by atoms with van der Waals surface area (Å²) in [7, 11) is 0. The molecule has 1 aromatic heterocycles. The number of aromatic amines is 1. The number of ether oxygens (including phenoxy) is 1. The number of para-hydroxylation sites is 1. The van der Waals surface area contributed by atoms with Gasteiger partial charge < -0.3 is 9.72 Å². The van der Waals surface area contributed by atoms with Gasteiger partial charge in [-0.25, -0.2) is 0 Å². The van der Waals surface area contributed by atoms with Crippen LogP contribution in [0.3, 0.4) is 0 Å². The maximum atomic E-state index is 12.5. The third kappa shape index (κ3) is 3.19. The summed E-state index contributed by atoms with van der Waals surface area (Å²) in [6.45, 7) is 2.50. The van der Waals surface area contributed by atoms with E-state index in [1.165, 1.54) is 22.2 Å². The number of esters is 1. The Hall–Kier alpha value is -2.55. The van der Waals surface area contributed by atoms with Gasteiger partial charge in [0.1, 0.15) is 6.61 Å². The molecule has 0 saturated heterocycles. The van der Waals surface area contributed by atoms with Crippen molar-refractivity contribution >= 4 is 16.9 Å². The molecule has 1 aliphatic rings. The van der Waals surface area contributed by atoms with Crippen molar-refractivity contribution in [1.82, 2.24) is 4.98 Å². The number of hydrogen-bond donors (Lipinski definition) is 1. The molecule has 0 bridgehead atoms. The molecule has 1 heterocycles. The van der Waals surface area contributed by atoms with Crippen LogP contribution in [0.25, 0.3) is 10.9 Å². The van der Waals surface area contributed by atoms with E-state index in [4.69, 9.17) is 4.74 Å². The summed E-state index contributed by atoms with van der Waals surface area (Å²) in [5.74, 6) is -0.114. The lowest BCUT2D eigenvalue weighted by atomic mass is 9.86. The summed E-state index contributed by atoms with van der Waals surface area (Å²) in [6.07, 6.45) is 3.56. The van der Waals surface area contributed by atoms with Gasteiger partial charge in [0.05, 0.1) is 5.92 Å². The first kappa shape index (κ1) is 15.9. The lowest BCUT2D eigenvalue weighted by Gasteiger charge is -2.21. The smallest absolute Gasteiger partial charge is 0.309 e. The standard InChI is InChI=1S/C22H23NO2/c1-2-15-7-9-16(10-8-15)14-25-22(24)17-11-12-21-19(13-17)18-5-3-4-6-20(18)23-21/h3-10,17,23H,2,11-14H2,1H3. The van der Waals surface area contributed by atoms with Crippen LogP contribution < -0.4 is 0 Å². The highest BCUT2D eigenvalue weighted by Gasteiger charge is 2.28. The van der Waals surface area contributed by atoms with E-state index >= 15 is 0 Å². The van der Waals surface area contributed by atoms with Crippen molar-refractivity contribution in [2.75, 3.05) is 0 Å². The minimum absolute atomic E-state index is 0.0402. The Kier molecular flexibility index (Phi) is 4.31. The van der Waals surface area contributed by atoms with Gasteiger partial charge in [-0.3, -0.25) is 4.79 Å². The van der Waals surface area contributed by atoms with E-state index in [1.807, 2.05) is 18.2 Å². The summed E-state index contributed by atoms with van der Waals surface area (Å²) < 4.78 is 5.60. The third-order valence-corrected chi connectivity index (χ3v) is 5.24. The minimum Gasteiger partial charge on any atom is -0.461 e. The Morgan fingerprint density at radius 2 is 1.88 bits per heavy atom. The van der Waals surface area contributed by atoms with E-state index in [0.29, 0.717) is 6.61 Å². The van der Waals surface area contributed by atoms with Crippen molar-refractivity contribution in [2.45, 2.75) is 39.2 Å². The Bertz CT molecular complexity index is 892. The fraction of sp³-hybridized carbons (Fsp3) is 0.318. The number of carbonyl (C=O) groups is 1. The summed E-state index contributed by atoms with van der Waals surface area (Å²) in [4.78, 5) is 16.0. The molecular weight excluding hydrogens is 310 g/mol. The minimum atomic E-state index is -0.0736. The number of nitrogens with one attached hydrogen (secondary N) is 1. The van der Waals surface area contributed by atoms with Gasteiger partial charge >= 0.3 is 5.97 Å². The highest BCUT2D eigenvalue weighted by molar-refractivity contribution is 5.86. The lowest BCUT2D eigenvalue weighted by Crippen LogP contribution is -2.24. The molecule has 1 N–H and O–H groups in total. The van der Waals surface area contributed by atoms with Gasteiger partial charge in [-0.05, 0) is 48.4 Å². The van der Waals surface area contributed by atoms with Gasteiger partial charge in [-0.1, -0.05) is 49.4 Å². The Labute approximate surface area is 148 Å². The van der Waals surface area contributed by atoms with Crippen molar-refractivity contribution in [1.29, 1.82) is 0 Å². The normalized spacial score (nSPS) is 16.6. The molecule has 0 saturated carbocycles. The Morgan fingerprint density at radius 3 is 2.68 bits per heavy atom. The van der Waals surface area contributed by atoms with Crippen molar-refractivity contribution in [3.8, 4) is 0 Å². The second-order valence-electron chi connectivity index (χ2n) is 6.85. The van der Waals surface area contributed by atoms with Crippen LogP contribution in [0.1, 0.15) is 35.7 Å². The van der Waals surface area contributed by atoms with Crippen LogP contribution in [0.5, 0.6) is 0 Å². The van der Waals surface area contributed by atoms with Gasteiger partial charge in [-0.15, -0.1) is 0 Å². The van der Waals surface area contributed by atoms with E-state index in [0.717, 1.165) is 36.8 Å². The molecule has 128 valence electrons. The second-order valence-corrected chi connectivity index (χ2v) is 6.85. The van der Waals surface area contributed by atoms with E-state index < -0.39 is 0 Å². The molecule has 1 unspecified atom stereocenters. The number of aromatic nitrogens is 1. The van der Waals surface area contributed by atoms with Crippen molar-refractivity contribution in [2.24, 2.45) is 5.92 Å². The number of H-pyrrole nitrogens is 1. The summed E-state index contributed by atoms with van der Waals surface area (Å²) in [5.41, 5.74) is 6.08. The molecule has 3 aromatic rings. The highest BCUT2D eigenvalue weighted by Crippen LogP contribution is 2.32. The molecule has 0 spiro atoms. The number of aryl methyl sites for hydroxylation is 2. The van der Waals surface area contributed by atoms with E-state index in [1.54, 1.807) is 0 Å². The zero-order valence-corrected chi connectivity index (χ0v) is 14.5. The molecule has 0 amide bonds. The first-order chi connectivity index (χ1) is 12.2. The van der Waals surface area contributed by atoms with Crippen molar-refractivity contribution < 1.29 is 9.53 Å². The average molecular weight is 333 g/mol. The molecule has 3 nitrogen and oxygen atoms in total. The Balaban J connectivity index is 1.43. The fourth-order valence-electron chi connectivity index (χ4n) is 3.71. The predicted molar refractivity (Wildman–Crippen MR) is 99.4 cm³/mol. The molecule has 25 heavy (non-hydrogen) atoms. The zero-order valence-electron chi connectivity index (χ0n) is 14.5. The number of carbonyl (C=O) groups excluding carboxylic acids is 1. The summed E-state index contributed by atoms with van der Waals surface area (Å²) in [6, 6.07) is 16.6. The van der Waals surface area contributed by atoms with Crippen LogP contribution in [0.2, 0.25) is 0 Å². The topological polar surface area (TPSA) is 42.1 Å². The van der Waals surface area contributed by atoms with Gasteiger partial charge in [0, 0.05) is 16.6 Å². The van der Waals surface area contributed by atoms with Gasteiger partial charge in [0.2, 0.25) is 0 Å². The van der Waals surface area contributed by atoms with Gasteiger partial charge in [0.15, 0.2) is 0 Å². The number of hydrogen-bond acceptors (Lipinski definition) is 2. The van der Waals surface area contributed by atoms with Crippen LogP contribution in [0, 0.1) is 5.92 Å². The van der Waals surface area contributed by atoms with Crippen molar-refractivity contribution in [3.63, 3.8) is 0 Å².